The Labute approximate surface area is 163 Å². The van der Waals surface area contributed by atoms with Crippen LogP contribution in [0.15, 0.2) is 53.3 Å². The van der Waals surface area contributed by atoms with E-state index in [1.165, 1.54) is 10.6 Å². The SMILES string of the molecule is COc1ccc(C(CCO)n2c(O)c3ccccc3cc2=O)cc1OC(C)C. The van der Waals surface area contributed by atoms with Gasteiger partial charge < -0.3 is 19.7 Å². The van der Waals surface area contributed by atoms with E-state index >= 15 is 0 Å². The monoisotopic (exact) mass is 383 g/mol. The molecule has 6 nitrogen and oxygen atoms in total. The maximum atomic E-state index is 12.8. The number of ether oxygens (including phenoxy) is 2. The summed E-state index contributed by atoms with van der Waals surface area (Å²) >= 11 is 0. The number of rotatable bonds is 7. The van der Waals surface area contributed by atoms with E-state index in [4.69, 9.17) is 9.47 Å². The molecular weight excluding hydrogens is 358 g/mol. The molecule has 0 bridgehead atoms. The number of aromatic nitrogens is 1. The molecule has 0 amide bonds. The molecule has 148 valence electrons. The lowest BCUT2D eigenvalue weighted by Gasteiger charge is -2.23. The van der Waals surface area contributed by atoms with Crippen LogP contribution in [0.2, 0.25) is 0 Å². The summed E-state index contributed by atoms with van der Waals surface area (Å²) in [5.74, 6) is 1.00. The van der Waals surface area contributed by atoms with Gasteiger partial charge in [0.05, 0.1) is 19.3 Å². The second kappa shape index (κ2) is 8.35. The topological polar surface area (TPSA) is 80.9 Å². The van der Waals surface area contributed by atoms with Gasteiger partial charge in [0, 0.05) is 18.1 Å². The molecule has 0 radical (unpaired) electrons. The van der Waals surface area contributed by atoms with E-state index in [0.29, 0.717) is 22.3 Å². The predicted molar refractivity (Wildman–Crippen MR) is 108 cm³/mol. The molecule has 0 saturated heterocycles. The van der Waals surface area contributed by atoms with E-state index < -0.39 is 6.04 Å². The van der Waals surface area contributed by atoms with E-state index in [1.807, 2.05) is 26.0 Å². The van der Waals surface area contributed by atoms with Crippen LogP contribution >= 0.6 is 0 Å². The molecule has 1 heterocycles. The highest BCUT2D eigenvalue weighted by Crippen LogP contribution is 2.35. The average Bonchev–Trinajstić information content (AvgIpc) is 2.67. The second-order valence-electron chi connectivity index (χ2n) is 6.87. The fraction of sp³-hybridized carbons (Fsp3) is 0.318. The normalized spacial score (nSPS) is 12.3. The minimum atomic E-state index is -0.553. The zero-order valence-electron chi connectivity index (χ0n) is 16.3. The third kappa shape index (κ3) is 3.82. The molecule has 6 heteroatoms. The van der Waals surface area contributed by atoms with Crippen LogP contribution < -0.4 is 15.0 Å². The van der Waals surface area contributed by atoms with Crippen molar-refractivity contribution < 1.29 is 19.7 Å². The zero-order valence-corrected chi connectivity index (χ0v) is 16.3. The van der Waals surface area contributed by atoms with Crippen molar-refractivity contribution in [2.24, 2.45) is 0 Å². The molecule has 1 aromatic heterocycles. The van der Waals surface area contributed by atoms with E-state index in [-0.39, 0.29) is 30.6 Å². The average molecular weight is 383 g/mol. The predicted octanol–water partition coefficient (Wildman–Crippen LogP) is 3.47. The van der Waals surface area contributed by atoms with E-state index in [2.05, 4.69) is 0 Å². The quantitative estimate of drug-likeness (QED) is 0.653. The maximum Gasteiger partial charge on any atom is 0.254 e. The van der Waals surface area contributed by atoms with Gasteiger partial charge in [-0.25, -0.2) is 0 Å². The minimum absolute atomic E-state index is 0.0581. The molecule has 0 saturated carbocycles. The van der Waals surface area contributed by atoms with Gasteiger partial charge in [-0.1, -0.05) is 24.3 Å². The molecule has 28 heavy (non-hydrogen) atoms. The zero-order chi connectivity index (χ0) is 20.3. The summed E-state index contributed by atoms with van der Waals surface area (Å²) in [5, 5.41) is 21.7. The molecule has 3 aromatic rings. The first kappa shape index (κ1) is 19.8. The van der Waals surface area contributed by atoms with Crippen molar-refractivity contribution in [3.63, 3.8) is 0 Å². The Bertz CT molecular complexity index is 1030. The lowest BCUT2D eigenvalue weighted by atomic mass is 10.0. The summed E-state index contributed by atoms with van der Waals surface area (Å²) in [6, 6.07) is 13.5. The summed E-state index contributed by atoms with van der Waals surface area (Å²) in [7, 11) is 1.56. The van der Waals surface area contributed by atoms with Gasteiger partial charge in [-0.15, -0.1) is 0 Å². The van der Waals surface area contributed by atoms with E-state index in [9.17, 15) is 15.0 Å². The molecule has 1 unspecified atom stereocenters. The van der Waals surface area contributed by atoms with Gasteiger partial charge >= 0.3 is 0 Å². The highest BCUT2D eigenvalue weighted by atomic mass is 16.5. The number of hydrogen-bond acceptors (Lipinski definition) is 5. The van der Waals surface area contributed by atoms with Crippen molar-refractivity contribution in [2.75, 3.05) is 13.7 Å². The molecular formula is C22H25NO5. The van der Waals surface area contributed by atoms with Crippen LogP contribution in [0.1, 0.15) is 31.9 Å². The molecule has 0 aliphatic carbocycles. The molecule has 3 rings (SSSR count). The van der Waals surface area contributed by atoms with Crippen molar-refractivity contribution in [1.29, 1.82) is 0 Å². The molecule has 2 N–H and O–H groups in total. The highest BCUT2D eigenvalue weighted by molar-refractivity contribution is 5.86. The van der Waals surface area contributed by atoms with Crippen LogP contribution in [0, 0.1) is 0 Å². The fourth-order valence-corrected chi connectivity index (χ4v) is 3.38. The Hall–Kier alpha value is -2.99. The molecule has 1 atom stereocenters. The van der Waals surface area contributed by atoms with Crippen molar-refractivity contribution in [3.8, 4) is 17.4 Å². The van der Waals surface area contributed by atoms with Crippen LogP contribution in [0.4, 0.5) is 0 Å². The van der Waals surface area contributed by atoms with Gasteiger partial charge in [-0.3, -0.25) is 9.36 Å². The first-order valence-electron chi connectivity index (χ1n) is 9.25. The Kier molecular flexibility index (Phi) is 5.90. The van der Waals surface area contributed by atoms with Gasteiger partial charge in [0.25, 0.3) is 5.56 Å². The number of aliphatic hydroxyl groups excluding tert-OH is 1. The number of pyridine rings is 1. The Morgan fingerprint density at radius 1 is 1.07 bits per heavy atom. The molecule has 2 aromatic carbocycles. The van der Waals surface area contributed by atoms with Crippen molar-refractivity contribution in [2.45, 2.75) is 32.4 Å². The lowest BCUT2D eigenvalue weighted by Crippen LogP contribution is -2.26. The molecule has 0 aliphatic rings. The first-order chi connectivity index (χ1) is 13.5. The number of methoxy groups -OCH3 is 1. The van der Waals surface area contributed by atoms with E-state index in [0.717, 1.165) is 5.56 Å². The largest absolute Gasteiger partial charge is 0.494 e. The van der Waals surface area contributed by atoms with Crippen molar-refractivity contribution in [3.05, 3.63) is 64.4 Å². The summed E-state index contributed by atoms with van der Waals surface area (Å²) < 4.78 is 12.5. The molecule has 0 fully saturated rings. The van der Waals surface area contributed by atoms with Crippen LogP contribution in [0.5, 0.6) is 17.4 Å². The maximum absolute atomic E-state index is 12.8. The Balaban J connectivity index is 2.18. The fourth-order valence-electron chi connectivity index (χ4n) is 3.38. The van der Waals surface area contributed by atoms with Crippen molar-refractivity contribution in [1.82, 2.24) is 4.57 Å². The van der Waals surface area contributed by atoms with Gasteiger partial charge in [0.1, 0.15) is 0 Å². The van der Waals surface area contributed by atoms with Crippen LogP contribution in [0.25, 0.3) is 10.8 Å². The smallest absolute Gasteiger partial charge is 0.254 e. The Morgan fingerprint density at radius 3 is 2.50 bits per heavy atom. The van der Waals surface area contributed by atoms with Crippen molar-refractivity contribution >= 4 is 10.8 Å². The number of aromatic hydroxyl groups is 1. The third-order valence-corrected chi connectivity index (χ3v) is 4.60. The van der Waals surface area contributed by atoms with Crippen LogP contribution in [-0.2, 0) is 0 Å². The number of nitrogens with zero attached hydrogens (tertiary/aromatic N) is 1. The summed E-state index contributed by atoms with van der Waals surface area (Å²) in [6.07, 6.45) is 0.205. The lowest BCUT2D eigenvalue weighted by molar-refractivity contribution is 0.228. The highest BCUT2D eigenvalue weighted by Gasteiger charge is 2.21. The number of aliphatic hydroxyl groups is 1. The number of hydrogen-bond donors (Lipinski definition) is 2. The summed E-state index contributed by atoms with van der Waals surface area (Å²) in [6.45, 7) is 3.68. The van der Waals surface area contributed by atoms with Gasteiger partial charge in [0.15, 0.2) is 11.5 Å². The molecule has 0 spiro atoms. The van der Waals surface area contributed by atoms with Crippen LogP contribution in [0.3, 0.4) is 0 Å². The van der Waals surface area contributed by atoms with Gasteiger partial charge in [-0.05, 0) is 49.4 Å². The summed E-state index contributed by atoms with van der Waals surface area (Å²) in [5.41, 5.74) is 0.398. The minimum Gasteiger partial charge on any atom is -0.494 e. The Morgan fingerprint density at radius 2 is 1.82 bits per heavy atom. The standard InChI is InChI=1S/C22H25NO5/c1-14(2)28-20-12-16(8-9-19(20)27-3)18(10-11-24)23-21(25)13-15-6-4-5-7-17(15)22(23)26/h4-9,12-14,18,24,26H,10-11H2,1-3H3. The van der Waals surface area contributed by atoms with E-state index in [1.54, 1.807) is 37.4 Å². The second-order valence-corrected chi connectivity index (χ2v) is 6.87. The third-order valence-electron chi connectivity index (χ3n) is 4.60. The first-order valence-corrected chi connectivity index (χ1v) is 9.25. The van der Waals surface area contributed by atoms with Gasteiger partial charge in [-0.2, -0.15) is 0 Å². The van der Waals surface area contributed by atoms with Crippen LogP contribution in [-0.4, -0.2) is 34.6 Å². The number of fused-ring (bicyclic) bond motifs is 1. The number of benzene rings is 2. The summed E-state index contributed by atoms with van der Waals surface area (Å²) in [4.78, 5) is 12.8. The molecule has 0 aliphatic heterocycles. The van der Waals surface area contributed by atoms with Gasteiger partial charge in [0.2, 0.25) is 5.88 Å².